The van der Waals surface area contributed by atoms with Gasteiger partial charge in [0.1, 0.15) is 0 Å². The van der Waals surface area contributed by atoms with E-state index in [0.29, 0.717) is 19.1 Å². The van der Waals surface area contributed by atoms with Crippen LogP contribution in [0.25, 0.3) is 10.4 Å². The average molecular weight is 211 g/mol. The Labute approximate surface area is 89.4 Å². The standard InChI is InChI=1S/C10H17N3O2/c1-7-8(2)14-6-10(7)4-3-9(15-10)5-12-13-11/h7-9H,3-6H2,1-2H3/t7-,8-,9-,10+/m0/s1. The van der Waals surface area contributed by atoms with Crippen molar-refractivity contribution in [3.63, 3.8) is 0 Å². The third-order valence-electron chi connectivity index (χ3n) is 3.76. The molecule has 2 aliphatic heterocycles. The van der Waals surface area contributed by atoms with Crippen LogP contribution >= 0.6 is 0 Å². The minimum absolute atomic E-state index is 0.0808. The Balaban J connectivity index is 1.99. The van der Waals surface area contributed by atoms with Crippen molar-refractivity contribution in [1.29, 1.82) is 0 Å². The molecule has 0 aromatic heterocycles. The molecule has 2 saturated heterocycles. The van der Waals surface area contributed by atoms with Gasteiger partial charge in [-0.25, -0.2) is 0 Å². The van der Waals surface area contributed by atoms with Gasteiger partial charge in [-0.15, -0.1) is 0 Å². The lowest BCUT2D eigenvalue weighted by Gasteiger charge is -2.28. The van der Waals surface area contributed by atoms with Crippen LogP contribution in [0.3, 0.4) is 0 Å². The van der Waals surface area contributed by atoms with E-state index in [0.717, 1.165) is 12.8 Å². The lowest BCUT2D eigenvalue weighted by atomic mass is 9.86. The summed E-state index contributed by atoms with van der Waals surface area (Å²) in [6, 6.07) is 0. The van der Waals surface area contributed by atoms with Gasteiger partial charge in [0, 0.05) is 10.8 Å². The van der Waals surface area contributed by atoms with E-state index < -0.39 is 0 Å². The highest BCUT2D eigenvalue weighted by Crippen LogP contribution is 2.43. The lowest BCUT2D eigenvalue weighted by molar-refractivity contribution is -0.0586. The summed E-state index contributed by atoms with van der Waals surface area (Å²) in [6.45, 7) is 5.39. The zero-order valence-corrected chi connectivity index (χ0v) is 9.22. The van der Waals surface area contributed by atoms with Crippen molar-refractivity contribution in [2.24, 2.45) is 11.0 Å². The minimum atomic E-state index is -0.116. The molecule has 0 aromatic rings. The number of azide groups is 1. The Morgan fingerprint density at radius 1 is 1.53 bits per heavy atom. The second kappa shape index (κ2) is 4.00. The fourth-order valence-electron chi connectivity index (χ4n) is 2.53. The smallest absolute Gasteiger partial charge is 0.0969 e. The van der Waals surface area contributed by atoms with E-state index in [9.17, 15) is 0 Å². The van der Waals surface area contributed by atoms with Crippen molar-refractivity contribution in [3.8, 4) is 0 Å². The molecule has 15 heavy (non-hydrogen) atoms. The molecule has 5 nitrogen and oxygen atoms in total. The van der Waals surface area contributed by atoms with Crippen LogP contribution in [0.5, 0.6) is 0 Å². The Hall–Kier alpha value is -0.770. The SMILES string of the molecule is C[C@@H]1OC[C@]2(CC[C@@H](CN=[N+]=[N-])O2)[C@H]1C. The second-order valence-corrected chi connectivity index (χ2v) is 4.56. The Bertz CT molecular complexity index is 290. The predicted octanol–water partition coefficient (Wildman–Crippen LogP) is 2.27. The van der Waals surface area contributed by atoms with Crippen molar-refractivity contribution < 1.29 is 9.47 Å². The summed E-state index contributed by atoms with van der Waals surface area (Å²) in [5.74, 6) is 0.425. The average Bonchev–Trinajstić information content (AvgIpc) is 2.77. The van der Waals surface area contributed by atoms with Crippen LogP contribution in [0.1, 0.15) is 26.7 Å². The second-order valence-electron chi connectivity index (χ2n) is 4.56. The van der Waals surface area contributed by atoms with Crippen LogP contribution in [-0.2, 0) is 9.47 Å². The minimum Gasteiger partial charge on any atom is -0.375 e. The zero-order valence-electron chi connectivity index (χ0n) is 9.22. The maximum atomic E-state index is 8.26. The summed E-state index contributed by atoms with van der Waals surface area (Å²) < 4.78 is 11.6. The molecule has 2 fully saturated rings. The molecule has 0 bridgehead atoms. The summed E-state index contributed by atoms with van der Waals surface area (Å²) in [5, 5.41) is 3.57. The first-order chi connectivity index (χ1) is 7.18. The van der Waals surface area contributed by atoms with E-state index in [1.54, 1.807) is 0 Å². The summed E-state index contributed by atoms with van der Waals surface area (Å²) in [5.41, 5.74) is 8.14. The van der Waals surface area contributed by atoms with Crippen LogP contribution in [0.4, 0.5) is 0 Å². The molecule has 2 heterocycles. The van der Waals surface area contributed by atoms with Gasteiger partial charge >= 0.3 is 0 Å². The molecule has 0 aliphatic carbocycles. The fourth-order valence-corrected chi connectivity index (χ4v) is 2.53. The number of ether oxygens (including phenoxy) is 2. The molecular weight excluding hydrogens is 194 g/mol. The number of nitrogens with zero attached hydrogens (tertiary/aromatic N) is 3. The molecule has 2 rings (SSSR count). The summed E-state index contributed by atoms with van der Waals surface area (Å²) in [6.07, 6.45) is 2.34. The van der Waals surface area contributed by atoms with Crippen LogP contribution < -0.4 is 0 Å². The molecule has 4 atom stereocenters. The molecule has 0 aromatic carbocycles. The van der Waals surface area contributed by atoms with Gasteiger partial charge < -0.3 is 9.47 Å². The van der Waals surface area contributed by atoms with Crippen molar-refractivity contribution in [3.05, 3.63) is 10.4 Å². The number of rotatable bonds is 2. The summed E-state index contributed by atoms with van der Waals surface area (Å²) >= 11 is 0. The zero-order chi connectivity index (χ0) is 10.9. The van der Waals surface area contributed by atoms with Crippen molar-refractivity contribution in [2.75, 3.05) is 13.2 Å². The molecule has 5 heteroatoms. The van der Waals surface area contributed by atoms with E-state index in [1.807, 2.05) is 0 Å². The first-order valence-corrected chi connectivity index (χ1v) is 5.48. The van der Waals surface area contributed by atoms with Gasteiger partial charge in [-0.05, 0) is 25.3 Å². The predicted molar refractivity (Wildman–Crippen MR) is 55.4 cm³/mol. The topological polar surface area (TPSA) is 67.2 Å². The van der Waals surface area contributed by atoms with Gasteiger partial charge in [0.05, 0.1) is 31.0 Å². The monoisotopic (exact) mass is 211 g/mol. The molecule has 0 saturated carbocycles. The van der Waals surface area contributed by atoms with E-state index in [1.165, 1.54) is 0 Å². The van der Waals surface area contributed by atoms with Crippen LogP contribution in [0, 0.1) is 5.92 Å². The van der Waals surface area contributed by atoms with Gasteiger partial charge in [0.2, 0.25) is 0 Å². The fraction of sp³-hybridized carbons (Fsp3) is 1.00. The van der Waals surface area contributed by atoms with Crippen LogP contribution in [0.2, 0.25) is 0 Å². The highest BCUT2D eigenvalue weighted by molar-refractivity contribution is 4.99. The molecule has 1 spiro atoms. The van der Waals surface area contributed by atoms with Gasteiger partial charge in [-0.1, -0.05) is 12.0 Å². The van der Waals surface area contributed by atoms with E-state index in [-0.39, 0.29) is 17.8 Å². The maximum absolute atomic E-state index is 8.26. The van der Waals surface area contributed by atoms with Crippen molar-refractivity contribution in [2.45, 2.75) is 44.5 Å². The van der Waals surface area contributed by atoms with Crippen molar-refractivity contribution in [1.82, 2.24) is 0 Å². The van der Waals surface area contributed by atoms with Gasteiger partial charge in [-0.2, -0.15) is 0 Å². The Morgan fingerprint density at radius 3 is 2.93 bits per heavy atom. The molecule has 0 radical (unpaired) electrons. The quantitative estimate of drug-likeness (QED) is 0.399. The lowest BCUT2D eigenvalue weighted by Crippen LogP contribution is -2.37. The molecule has 0 amide bonds. The molecule has 0 unspecified atom stereocenters. The highest BCUT2D eigenvalue weighted by Gasteiger charge is 2.50. The van der Waals surface area contributed by atoms with Gasteiger partial charge in [0.25, 0.3) is 0 Å². The largest absolute Gasteiger partial charge is 0.375 e. The maximum Gasteiger partial charge on any atom is 0.0969 e. The normalized spacial score (nSPS) is 44.5. The Kier molecular flexibility index (Phi) is 2.87. The van der Waals surface area contributed by atoms with E-state index >= 15 is 0 Å². The van der Waals surface area contributed by atoms with Crippen LogP contribution in [0.15, 0.2) is 5.11 Å². The Morgan fingerprint density at radius 2 is 2.33 bits per heavy atom. The molecule has 0 N–H and O–H groups in total. The van der Waals surface area contributed by atoms with Crippen molar-refractivity contribution >= 4 is 0 Å². The third kappa shape index (κ3) is 1.83. The summed E-state index contributed by atoms with van der Waals surface area (Å²) in [4.78, 5) is 2.76. The van der Waals surface area contributed by atoms with Gasteiger partial charge in [0.15, 0.2) is 0 Å². The third-order valence-corrected chi connectivity index (χ3v) is 3.76. The first-order valence-electron chi connectivity index (χ1n) is 5.48. The first kappa shape index (κ1) is 10.7. The van der Waals surface area contributed by atoms with E-state index in [4.69, 9.17) is 15.0 Å². The van der Waals surface area contributed by atoms with Gasteiger partial charge in [-0.3, -0.25) is 0 Å². The number of hydrogen-bond acceptors (Lipinski definition) is 3. The number of hydrogen-bond donors (Lipinski definition) is 0. The molecule has 2 aliphatic rings. The van der Waals surface area contributed by atoms with E-state index in [2.05, 4.69) is 23.9 Å². The molecule has 84 valence electrons. The van der Waals surface area contributed by atoms with Crippen LogP contribution in [-0.4, -0.2) is 31.0 Å². The molecular formula is C10H17N3O2. The highest BCUT2D eigenvalue weighted by atomic mass is 16.6. The summed E-state index contributed by atoms with van der Waals surface area (Å²) in [7, 11) is 0.